The highest BCUT2D eigenvalue weighted by molar-refractivity contribution is 5.84. The molecule has 26 heavy (non-hydrogen) atoms. The molecule has 5 nitrogen and oxygen atoms in total. The summed E-state index contributed by atoms with van der Waals surface area (Å²) < 4.78 is 1.28. The zero-order valence-electron chi connectivity index (χ0n) is 15.0. The van der Waals surface area contributed by atoms with Gasteiger partial charge < -0.3 is 5.32 Å². The van der Waals surface area contributed by atoms with Gasteiger partial charge in [-0.15, -0.1) is 6.42 Å². The van der Waals surface area contributed by atoms with E-state index in [9.17, 15) is 9.59 Å². The van der Waals surface area contributed by atoms with Crippen LogP contribution in [-0.4, -0.2) is 15.7 Å². The highest BCUT2D eigenvalue weighted by Crippen LogP contribution is 2.27. The summed E-state index contributed by atoms with van der Waals surface area (Å²) in [6, 6.07) is 7.30. The molecule has 1 aromatic heterocycles. The van der Waals surface area contributed by atoms with Crippen molar-refractivity contribution in [2.45, 2.75) is 58.0 Å². The molecule has 1 aliphatic carbocycles. The molecule has 5 heteroatoms. The van der Waals surface area contributed by atoms with Gasteiger partial charge in [0.1, 0.15) is 6.54 Å². The lowest BCUT2D eigenvalue weighted by atomic mass is 9.86. The van der Waals surface area contributed by atoms with E-state index in [0.29, 0.717) is 30.0 Å². The van der Waals surface area contributed by atoms with E-state index < -0.39 is 0 Å². The van der Waals surface area contributed by atoms with E-state index in [1.54, 1.807) is 6.07 Å². The molecule has 0 radical (unpaired) electrons. The summed E-state index contributed by atoms with van der Waals surface area (Å²) in [6.45, 7) is 0.418. The van der Waals surface area contributed by atoms with Crippen molar-refractivity contribution in [2.75, 3.05) is 0 Å². The number of fused-ring (bicyclic) bond motifs is 1. The Morgan fingerprint density at radius 3 is 2.69 bits per heavy atom. The maximum Gasteiger partial charge on any atom is 0.275 e. The Morgan fingerprint density at radius 1 is 1.23 bits per heavy atom. The molecule has 1 heterocycles. The van der Waals surface area contributed by atoms with Gasteiger partial charge in [-0.25, -0.2) is 4.68 Å². The third-order valence-corrected chi connectivity index (χ3v) is 5.14. The highest BCUT2D eigenvalue weighted by Gasteiger charge is 2.15. The van der Waals surface area contributed by atoms with Crippen molar-refractivity contribution >= 4 is 16.7 Å². The summed E-state index contributed by atoms with van der Waals surface area (Å²) in [7, 11) is 0. The minimum Gasteiger partial charge on any atom is -0.350 e. The lowest BCUT2D eigenvalue weighted by Crippen LogP contribution is -2.28. The zero-order valence-corrected chi connectivity index (χ0v) is 15.0. The quantitative estimate of drug-likeness (QED) is 0.814. The minimum absolute atomic E-state index is 0.0381. The maximum atomic E-state index is 12.4. The molecular weight excluding hydrogens is 326 g/mol. The number of hydrogen-bond donors (Lipinski definition) is 1. The first kappa shape index (κ1) is 18.2. The number of nitrogens with zero attached hydrogens (tertiary/aromatic N) is 2. The van der Waals surface area contributed by atoms with Crippen LogP contribution < -0.4 is 10.9 Å². The van der Waals surface area contributed by atoms with Gasteiger partial charge in [0, 0.05) is 11.8 Å². The predicted octanol–water partition coefficient (Wildman–Crippen LogP) is 3.01. The number of aromatic nitrogens is 2. The van der Waals surface area contributed by atoms with Gasteiger partial charge in [-0.2, -0.15) is 5.10 Å². The van der Waals surface area contributed by atoms with Gasteiger partial charge in [-0.1, -0.05) is 56.2 Å². The van der Waals surface area contributed by atoms with Gasteiger partial charge in [-0.3, -0.25) is 9.59 Å². The van der Waals surface area contributed by atoms with Crippen molar-refractivity contribution in [1.29, 1.82) is 0 Å². The van der Waals surface area contributed by atoms with Crippen LogP contribution in [0.15, 0.2) is 29.1 Å². The Balaban J connectivity index is 1.68. The van der Waals surface area contributed by atoms with E-state index in [4.69, 9.17) is 6.42 Å². The summed E-state index contributed by atoms with van der Waals surface area (Å²) in [5, 5.41) is 8.65. The summed E-state index contributed by atoms with van der Waals surface area (Å²) in [4.78, 5) is 24.6. The number of carbonyl (C=O) groups is 1. The molecule has 0 unspecified atom stereocenters. The van der Waals surface area contributed by atoms with Gasteiger partial charge >= 0.3 is 0 Å². The largest absolute Gasteiger partial charge is 0.350 e. The second-order valence-electron chi connectivity index (χ2n) is 6.98. The third kappa shape index (κ3) is 4.32. The minimum atomic E-state index is -0.203. The van der Waals surface area contributed by atoms with Crippen molar-refractivity contribution in [2.24, 2.45) is 5.92 Å². The van der Waals surface area contributed by atoms with Crippen LogP contribution in [0.25, 0.3) is 10.8 Å². The normalized spacial score (nSPS) is 14.9. The number of nitrogens with one attached hydrogen (secondary N) is 1. The lowest BCUT2D eigenvalue weighted by Gasteiger charge is -2.21. The fourth-order valence-corrected chi connectivity index (χ4v) is 3.71. The Kier molecular flexibility index (Phi) is 6.06. The van der Waals surface area contributed by atoms with E-state index in [-0.39, 0.29) is 18.0 Å². The molecule has 1 fully saturated rings. The average Bonchev–Trinajstić information content (AvgIpc) is 2.68. The van der Waals surface area contributed by atoms with Crippen molar-refractivity contribution in [1.82, 2.24) is 15.1 Å². The first-order valence-electron chi connectivity index (χ1n) is 9.38. The molecule has 0 saturated heterocycles. The average molecular weight is 351 g/mol. The Hall–Kier alpha value is -2.61. The number of benzene rings is 1. The summed E-state index contributed by atoms with van der Waals surface area (Å²) in [5.74, 6) is 3.18. The van der Waals surface area contributed by atoms with Crippen LogP contribution in [0.1, 0.15) is 50.6 Å². The molecule has 0 aliphatic heterocycles. The van der Waals surface area contributed by atoms with Crippen molar-refractivity contribution in [3.05, 3.63) is 40.3 Å². The molecule has 0 bridgehead atoms. The zero-order chi connectivity index (χ0) is 18.4. The molecule has 1 aromatic carbocycles. The number of hydrogen-bond acceptors (Lipinski definition) is 3. The van der Waals surface area contributed by atoms with Crippen LogP contribution in [0, 0.1) is 18.3 Å². The van der Waals surface area contributed by atoms with E-state index in [2.05, 4.69) is 16.3 Å². The number of terminal acetylenes is 1. The summed E-state index contributed by atoms with van der Waals surface area (Å²) in [5.41, 5.74) is 0.465. The standard InChI is InChI=1S/C21H25N3O2/c1-2-14-24-21(26)18-11-7-6-10-17(18)19(23-24)15-22-20(25)13-12-16-8-4-3-5-9-16/h1,6-7,10-11,16H,3-5,8-9,12-15H2,(H,22,25). The van der Waals surface area contributed by atoms with E-state index in [1.165, 1.54) is 36.8 Å². The van der Waals surface area contributed by atoms with E-state index >= 15 is 0 Å². The molecular formula is C21H25N3O2. The van der Waals surface area contributed by atoms with Crippen LogP contribution in [-0.2, 0) is 17.9 Å². The molecule has 0 atom stereocenters. The first-order chi connectivity index (χ1) is 12.7. The topological polar surface area (TPSA) is 64.0 Å². The third-order valence-electron chi connectivity index (χ3n) is 5.14. The molecule has 3 rings (SSSR count). The van der Waals surface area contributed by atoms with Crippen LogP contribution in [0.4, 0.5) is 0 Å². The Labute approximate surface area is 153 Å². The Bertz CT molecular complexity index is 873. The van der Waals surface area contributed by atoms with Gasteiger partial charge in [0.05, 0.1) is 17.6 Å². The molecule has 1 amide bonds. The predicted molar refractivity (Wildman–Crippen MR) is 102 cm³/mol. The molecule has 0 spiro atoms. The molecule has 1 N–H and O–H groups in total. The fourth-order valence-electron chi connectivity index (χ4n) is 3.71. The van der Waals surface area contributed by atoms with E-state index in [0.717, 1.165) is 11.8 Å². The smallest absolute Gasteiger partial charge is 0.275 e. The Morgan fingerprint density at radius 2 is 1.96 bits per heavy atom. The first-order valence-corrected chi connectivity index (χ1v) is 9.38. The van der Waals surface area contributed by atoms with Gasteiger partial charge in [0.25, 0.3) is 5.56 Å². The molecule has 2 aromatic rings. The maximum absolute atomic E-state index is 12.4. The molecule has 136 valence electrons. The fraction of sp³-hybridized carbons (Fsp3) is 0.476. The number of amides is 1. The van der Waals surface area contributed by atoms with Crippen LogP contribution in [0.3, 0.4) is 0 Å². The van der Waals surface area contributed by atoms with Crippen LogP contribution >= 0.6 is 0 Å². The van der Waals surface area contributed by atoms with Gasteiger partial charge in [-0.05, 0) is 18.4 Å². The van der Waals surface area contributed by atoms with Crippen molar-refractivity contribution < 1.29 is 4.79 Å². The van der Waals surface area contributed by atoms with Crippen LogP contribution in [0.2, 0.25) is 0 Å². The van der Waals surface area contributed by atoms with Crippen molar-refractivity contribution in [3.63, 3.8) is 0 Å². The highest BCUT2D eigenvalue weighted by atomic mass is 16.1. The summed E-state index contributed by atoms with van der Waals surface area (Å²) in [6.07, 6.45) is 13.2. The second kappa shape index (κ2) is 8.66. The van der Waals surface area contributed by atoms with E-state index in [1.807, 2.05) is 18.2 Å². The molecule has 1 aliphatic rings. The number of carbonyl (C=O) groups excluding carboxylic acids is 1. The number of rotatable bonds is 6. The van der Waals surface area contributed by atoms with Gasteiger partial charge in [0.2, 0.25) is 5.91 Å². The van der Waals surface area contributed by atoms with Crippen molar-refractivity contribution in [3.8, 4) is 12.3 Å². The SMILES string of the molecule is C#CCn1nc(CNC(=O)CCC2CCCCC2)c2ccccc2c1=O. The summed E-state index contributed by atoms with van der Waals surface area (Å²) >= 11 is 0. The second-order valence-corrected chi connectivity index (χ2v) is 6.98. The lowest BCUT2D eigenvalue weighted by molar-refractivity contribution is -0.121. The van der Waals surface area contributed by atoms with Crippen LogP contribution in [0.5, 0.6) is 0 Å². The molecule has 1 saturated carbocycles. The van der Waals surface area contributed by atoms with Gasteiger partial charge in [0.15, 0.2) is 0 Å². The monoisotopic (exact) mass is 351 g/mol.